The van der Waals surface area contributed by atoms with Gasteiger partial charge >= 0.3 is 0 Å². The molecule has 1 amide bonds. The minimum absolute atomic E-state index is 0.0478. The number of hydrogen-bond donors (Lipinski definition) is 2. The number of ether oxygens (including phenoxy) is 1. The molecule has 1 aromatic rings. The molecule has 0 heterocycles. The van der Waals surface area contributed by atoms with Crippen LogP contribution in [0.15, 0.2) is 18.2 Å². The van der Waals surface area contributed by atoms with Crippen LogP contribution < -0.4 is 11.1 Å². The van der Waals surface area contributed by atoms with E-state index < -0.39 is 0 Å². The normalized spacial score (nSPS) is 11.1. The number of hydrogen-bond acceptors (Lipinski definition) is 4. The maximum atomic E-state index is 11.9. The summed E-state index contributed by atoms with van der Waals surface area (Å²) in [5, 5.41) is 3.29. The number of rotatable bonds is 8. The number of nitrogens with zero attached hydrogens (tertiary/aromatic N) is 1. The summed E-state index contributed by atoms with van der Waals surface area (Å²) in [5.41, 5.74) is 6.81. The molecule has 3 N–H and O–H groups in total. The maximum Gasteiger partial charge on any atom is 0.225 e. The Morgan fingerprint density at radius 2 is 2.14 bits per heavy atom. The molecule has 118 valence electrons. The monoisotopic (exact) mass is 313 g/mol. The smallest absolute Gasteiger partial charge is 0.225 e. The van der Waals surface area contributed by atoms with Gasteiger partial charge in [-0.15, -0.1) is 0 Å². The van der Waals surface area contributed by atoms with E-state index in [2.05, 4.69) is 10.2 Å². The Bertz CT molecular complexity index is 466. The Balaban J connectivity index is 2.28. The third-order valence-electron chi connectivity index (χ3n) is 2.92. The average molecular weight is 314 g/mol. The highest BCUT2D eigenvalue weighted by Crippen LogP contribution is 2.22. The highest BCUT2D eigenvalue weighted by atomic mass is 35.5. The third kappa shape index (κ3) is 7.32. The van der Waals surface area contributed by atoms with Crippen LogP contribution in [0.1, 0.15) is 20.3 Å². The molecule has 0 aliphatic rings. The molecule has 0 atom stereocenters. The van der Waals surface area contributed by atoms with Crippen LogP contribution in [0.5, 0.6) is 0 Å². The van der Waals surface area contributed by atoms with Gasteiger partial charge in [0.2, 0.25) is 5.91 Å². The summed E-state index contributed by atoms with van der Waals surface area (Å²) in [4.78, 5) is 13.9. The van der Waals surface area contributed by atoms with Crippen molar-refractivity contribution < 1.29 is 9.53 Å². The van der Waals surface area contributed by atoms with Crippen molar-refractivity contribution in [3.63, 3.8) is 0 Å². The van der Waals surface area contributed by atoms with Gasteiger partial charge in [0.1, 0.15) is 0 Å². The van der Waals surface area contributed by atoms with E-state index in [0.717, 1.165) is 6.54 Å². The molecule has 6 heteroatoms. The minimum atomic E-state index is -0.0478. The fourth-order valence-electron chi connectivity index (χ4n) is 1.69. The summed E-state index contributed by atoms with van der Waals surface area (Å²) >= 11 is 5.83. The SMILES string of the molecule is CC(C)OCCN(C)CCC(=O)Nc1ccc(Cl)c(N)c1. The molecule has 0 spiro atoms. The third-order valence-corrected chi connectivity index (χ3v) is 3.27. The van der Waals surface area contributed by atoms with Crippen LogP contribution in [0, 0.1) is 0 Å². The van der Waals surface area contributed by atoms with Crippen LogP contribution in [0.3, 0.4) is 0 Å². The molecule has 0 saturated heterocycles. The lowest BCUT2D eigenvalue weighted by atomic mass is 10.2. The molecular formula is C15H24ClN3O2. The summed E-state index contributed by atoms with van der Waals surface area (Å²) in [6.45, 7) is 6.16. The van der Waals surface area contributed by atoms with Crippen LogP contribution >= 0.6 is 11.6 Å². The molecule has 0 fully saturated rings. The number of benzene rings is 1. The lowest BCUT2D eigenvalue weighted by Gasteiger charge is -2.17. The van der Waals surface area contributed by atoms with E-state index in [4.69, 9.17) is 22.1 Å². The van der Waals surface area contributed by atoms with Crippen molar-refractivity contribution >= 4 is 28.9 Å². The van der Waals surface area contributed by atoms with Crippen LogP contribution in [-0.2, 0) is 9.53 Å². The zero-order chi connectivity index (χ0) is 15.8. The standard InChI is InChI=1S/C15H24ClN3O2/c1-11(2)21-9-8-19(3)7-6-15(20)18-12-4-5-13(16)14(17)10-12/h4-5,10-11H,6-9,17H2,1-3H3,(H,18,20). The van der Waals surface area contributed by atoms with Gasteiger partial charge < -0.3 is 20.7 Å². The fourth-order valence-corrected chi connectivity index (χ4v) is 1.81. The first-order chi connectivity index (χ1) is 9.88. The van der Waals surface area contributed by atoms with E-state index in [0.29, 0.717) is 36.0 Å². The number of likely N-dealkylation sites (N-methyl/N-ethyl adjacent to an activating group) is 1. The number of nitrogens with two attached hydrogens (primary N) is 1. The Hall–Kier alpha value is -1.30. The number of carbonyl (C=O) groups excluding carboxylic acids is 1. The molecular weight excluding hydrogens is 290 g/mol. The second-order valence-electron chi connectivity index (χ2n) is 5.26. The first-order valence-corrected chi connectivity index (χ1v) is 7.41. The van der Waals surface area contributed by atoms with Crippen molar-refractivity contribution in [1.82, 2.24) is 4.90 Å². The number of carbonyl (C=O) groups is 1. The first kappa shape index (κ1) is 17.8. The van der Waals surface area contributed by atoms with Gasteiger partial charge in [0.05, 0.1) is 23.4 Å². The van der Waals surface area contributed by atoms with Gasteiger partial charge in [0, 0.05) is 25.2 Å². The predicted octanol–water partition coefficient (Wildman–Crippen LogP) is 2.61. The fraction of sp³-hybridized carbons (Fsp3) is 0.533. The van der Waals surface area contributed by atoms with E-state index in [9.17, 15) is 4.79 Å². The van der Waals surface area contributed by atoms with Crippen molar-refractivity contribution in [2.24, 2.45) is 0 Å². The van der Waals surface area contributed by atoms with Crippen LogP contribution in [0.25, 0.3) is 0 Å². The summed E-state index contributed by atoms with van der Waals surface area (Å²) in [6.07, 6.45) is 0.651. The predicted molar refractivity (Wildman–Crippen MR) is 87.7 cm³/mol. The molecule has 21 heavy (non-hydrogen) atoms. The van der Waals surface area contributed by atoms with Crippen molar-refractivity contribution in [2.45, 2.75) is 26.4 Å². The minimum Gasteiger partial charge on any atom is -0.397 e. The average Bonchev–Trinajstić information content (AvgIpc) is 2.40. The topological polar surface area (TPSA) is 67.6 Å². The lowest BCUT2D eigenvalue weighted by molar-refractivity contribution is -0.116. The van der Waals surface area contributed by atoms with Gasteiger partial charge in [-0.1, -0.05) is 11.6 Å². The number of nitrogens with one attached hydrogen (secondary N) is 1. The molecule has 5 nitrogen and oxygen atoms in total. The van der Waals surface area contributed by atoms with Crippen LogP contribution in [0.2, 0.25) is 5.02 Å². The van der Waals surface area contributed by atoms with E-state index in [-0.39, 0.29) is 12.0 Å². The molecule has 0 bridgehead atoms. The van der Waals surface area contributed by atoms with E-state index in [1.54, 1.807) is 18.2 Å². The Kier molecular flexibility index (Phi) is 7.50. The summed E-state index contributed by atoms with van der Waals surface area (Å²) in [6, 6.07) is 5.05. The lowest BCUT2D eigenvalue weighted by Crippen LogP contribution is -2.28. The van der Waals surface area contributed by atoms with Crippen molar-refractivity contribution in [3.05, 3.63) is 23.2 Å². The number of nitrogen functional groups attached to an aromatic ring is 1. The number of anilines is 2. The summed E-state index contributed by atoms with van der Waals surface area (Å²) in [5.74, 6) is -0.0478. The van der Waals surface area contributed by atoms with Crippen molar-refractivity contribution in [1.29, 1.82) is 0 Å². The van der Waals surface area contributed by atoms with Crippen molar-refractivity contribution in [3.8, 4) is 0 Å². The van der Waals surface area contributed by atoms with Gasteiger partial charge in [-0.3, -0.25) is 4.79 Å². The molecule has 0 saturated carbocycles. The van der Waals surface area contributed by atoms with Gasteiger partial charge in [0.15, 0.2) is 0 Å². The highest BCUT2D eigenvalue weighted by molar-refractivity contribution is 6.33. The van der Waals surface area contributed by atoms with Gasteiger partial charge in [0.25, 0.3) is 0 Å². The molecule has 0 aliphatic heterocycles. The zero-order valence-electron chi connectivity index (χ0n) is 12.9. The first-order valence-electron chi connectivity index (χ1n) is 7.03. The second kappa shape index (κ2) is 8.87. The summed E-state index contributed by atoms with van der Waals surface area (Å²) < 4.78 is 5.47. The second-order valence-corrected chi connectivity index (χ2v) is 5.66. The van der Waals surface area contributed by atoms with E-state index >= 15 is 0 Å². The molecule has 1 rings (SSSR count). The quantitative estimate of drug-likeness (QED) is 0.724. The molecule has 0 aliphatic carbocycles. The highest BCUT2D eigenvalue weighted by Gasteiger charge is 2.06. The maximum absolute atomic E-state index is 11.9. The number of halogens is 1. The van der Waals surface area contributed by atoms with Crippen LogP contribution in [-0.4, -0.2) is 43.7 Å². The molecule has 0 radical (unpaired) electrons. The van der Waals surface area contributed by atoms with Gasteiger partial charge in [-0.2, -0.15) is 0 Å². The van der Waals surface area contributed by atoms with E-state index in [1.807, 2.05) is 20.9 Å². The molecule has 1 aromatic carbocycles. The Morgan fingerprint density at radius 1 is 1.43 bits per heavy atom. The zero-order valence-corrected chi connectivity index (χ0v) is 13.6. The Labute approximate surface area is 131 Å². The largest absolute Gasteiger partial charge is 0.397 e. The number of amides is 1. The Morgan fingerprint density at radius 3 is 2.76 bits per heavy atom. The molecule has 0 aromatic heterocycles. The van der Waals surface area contributed by atoms with Crippen molar-refractivity contribution in [2.75, 3.05) is 37.8 Å². The molecule has 0 unspecified atom stereocenters. The van der Waals surface area contributed by atoms with Gasteiger partial charge in [-0.25, -0.2) is 0 Å². The van der Waals surface area contributed by atoms with E-state index in [1.165, 1.54) is 0 Å². The van der Waals surface area contributed by atoms with Gasteiger partial charge in [-0.05, 0) is 39.1 Å². The summed E-state index contributed by atoms with van der Waals surface area (Å²) in [7, 11) is 1.97. The van der Waals surface area contributed by atoms with Crippen LogP contribution in [0.4, 0.5) is 11.4 Å².